The van der Waals surface area contributed by atoms with Crippen molar-refractivity contribution >= 4 is 17.0 Å². The summed E-state index contributed by atoms with van der Waals surface area (Å²) in [6.45, 7) is 8.72. The first-order valence-electron chi connectivity index (χ1n) is 9.58. The van der Waals surface area contributed by atoms with E-state index in [9.17, 15) is 0 Å². The number of methoxy groups -OCH3 is 1. The van der Waals surface area contributed by atoms with Gasteiger partial charge in [-0.25, -0.2) is 0 Å². The fourth-order valence-corrected chi connectivity index (χ4v) is 3.08. The van der Waals surface area contributed by atoms with E-state index in [2.05, 4.69) is 52.0 Å². The molecule has 0 N–H and O–H groups in total. The Morgan fingerprint density at radius 3 is 2.35 bits per heavy atom. The third-order valence-electron chi connectivity index (χ3n) is 4.48. The second-order valence-corrected chi connectivity index (χ2v) is 6.71. The van der Waals surface area contributed by atoms with Crippen LogP contribution >= 0.6 is 0 Å². The SMILES string of the molecule is CCC/C=C(\CCC)c1ccc(C)cc1C(C)=Nc1ccc(OC)cc1. The van der Waals surface area contributed by atoms with Gasteiger partial charge in [-0.3, -0.25) is 4.99 Å². The van der Waals surface area contributed by atoms with Crippen molar-refractivity contribution < 1.29 is 4.74 Å². The number of hydrogen-bond donors (Lipinski definition) is 0. The Morgan fingerprint density at radius 1 is 1.00 bits per heavy atom. The maximum atomic E-state index is 5.23. The summed E-state index contributed by atoms with van der Waals surface area (Å²) >= 11 is 0. The van der Waals surface area contributed by atoms with E-state index in [1.54, 1.807) is 7.11 Å². The van der Waals surface area contributed by atoms with E-state index in [0.29, 0.717) is 0 Å². The Hall–Kier alpha value is -2.35. The van der Waals surface area contributed by atoms with Crippen LogP contribution in [0.4, 0.5) is 5.69 Å². The second-order valence-electron chi connectivity index (χ2n) is 6.71. The van der Waals surface area contributed by atoms with Crippen molar-refractivity contribution in [2.45, 2.75) is 53.4 Å². The summed E-state index contributed by atoms with van der Waals surface area (Å²) in [6, 6.07) is 14.6. The van der Waals surface area contributed by atoms with E-state index in [0.717, 1.165) is 36.4 Å². The molecule has 0 saturated heterocycles. The minimum atomic E-state index is 0.852. The number of ether oxygens (including phenoxy) is 1. The molecule has 0 aliphatic heterocycles. The molecule has 2 rings (SSSR count). The smallest absolute Gasteiger partial charge is 0.119 e. The standard InChI is InChI=1S/C24H31NO/c1-6-8-10-20(9-7-2)23-16-11-18(3)17-24(23)19(4)25-21-12-14-22(26-5)15-13-21/h10-17H,6-9H2,1-5H3/b20-10+,25-19?. The highest BCUT2D eigenvalue weighted by atomic mass is 16.5. The van der Waals surface area contributed by atoms with Gasteiger partial charge in [0.05, 0.1) is 12.8 Å². The van der Waals surface area contributed by atoms with Crippen LogP contribution in [0.1, 0.15) is 63.1 Å². The number of unbranched alkanes of at least 4 members (excludes halogenated alkanes) is 1. The maximum Gasteiger partial charge on any atom is 0.119 e. The zero-order chi connectivity index (χ0) is 18.9. The van der Waals surface area contributed by atoms with Crippen LogP contribution in [0.2, 0.25) is 0 Å². The number of rotatable bonds is 8. The highest BCUT2D eigenvalue weighted by Crippen LogP contribution is 2.27. The first kappa shape index (κ1) is 20.0. The summed E-state index contributed by atoms with van der Waals surface area (Å²) in [6.07, 6.45) is 6.95. The first-order chi connectivity index (χ1) is 12.6. The molecule has 138 valence electrons. The maximum absolute atomic E-state index is 5.23. The first-order valence-corrected chi connectivity index (χ1v) is 9.58. The zero-order valence-electron chi connectivity index (χ0n) is 16.8. The molecule has 0 aromatic heterocycles. The Morgan fingerprint density at radius 2 is 1.73 bits per heavy atom. The molecule has 0 heterocycles. The number of nitrogens with zero attached hydrogens (tertiary/aromatic N) is 1. The Bertz CT molecular complexity index is 769. The lowest BCUT2D eigenvalue weighted by molar-refractivity contribution is 0.415. The average Bonchev–Trinajstić information content (AvgIpc) is 2.66. The van der Waals surface area contributed by atoms with Crippen LogP contribution in [0, 0.1) is 6.92 Å². The second kappa shape index (κ2) is 9.96. The zero-order valence-corrected chi connectivity index (χ0v) is 16.8. The Kier molecular flexibility index (Phi) is 7.65. The van der Waals surface area contributed by atoms with E-state index < -0.39 is 0 Å². The van der Waals surface area contributed by atoms with Gasteiger partial charge in [0.25, 0.3) is 0 Å². The van der Waals surface area contributed by atoms with Crippen LogP contribution in [0.15, 0.2) is 53.5 Å². The van der Waals surface area contributed by atoms with Gasteiger partial charge in [-0.15, -0.1) is 0 Å². The molecule has 0 unspecified atom stereocenters. The molecule has 0 atom stereocenters. The average molecular weight is 350 g/mol. The minimum absolute atomic E-state index is 0.852. The molecule has 2 nitrogen and oxygen atoms in total. The quantitative estimate of drug-likeness (QED) is 0.465. The normalized spacial score (nSPS) is 12.3. The molecular weight excluding hydrogens is 318 g/mol. The summed E-state index contributed by atoms with van der Waals surface area (Å²) in [5, 5.41) is 0. The molecule has 0 amide bonds. The molecule has 0 fully saturated rings. The topological polar surface area (TPSA) is 21.6 Å². The van der Waals surface area contributed by atoms with E-state index in [1.807, 2.05) is 24.3 Å². The van der Waals surface area contributed by atoms with Gasteiger partial charge in [0.15, 0.2) is 0 Å². The van der Waals surface area contributed by atoms with Crippen LogP contribution < -0.4 is 4.74 Å². The summed E-state index contributed by atoms with van der Waals surface area (Å²) in [7, 11) is 1.68. The van der Waals surface area contributed by atoms with Crippen molar-refractivity contribution in [3.8, 4) is 5.75 Å². The van der Waals surface area contributed by atoms with Crippen LogP contribution in [-0.4, -0.2) is 12.8 Å². The van der Waals surface area contributed by atoms with Crippen LogP contribution in [0.3, 0.4) is 0 Å². The molecular formula is C24H31NO. The van der Waals surface area contributed by atoms with Gasteiger partial charge < -0.3 is 4.74 Å². The van der Waals surface area contributed by atoms with Gasteiger partial charge in [0.2, 0.25) is 0 Å². The lowest BCUT2D eigenvalue weighted by atomic mass is 9.92. The van der Waals surface area contributed by atoms with E-state index in [4.69, 9.17) is 9.73 Å². The largest absolute Gasteiger partial charge is 0.497 e. The van der Waals surface area contributed by atoms with Gasteiger partial charge in [0.1, 0.15) is 5.75 Å². The highest BCUT2D eigenvalue weighted by Gasteiger charge is 2.10. The number of aryl methyl sites for hydroxylation is 1. The van der Waals surface area contributed by atoms with Gasteiger partial charge in [-0.2, -0.15) is 0 Å². The van der Waals surface area contributed by atoms with Crippen molar-refractivity contribution in [2.75, 3.05) is 7.11 Å². The highest BCUT2D eigenvalue weighted by molar-refractivity contribution is 6.04. The molecule has 2 aromatic rings. The van der Waals surface area contributed by atoms with Crippen molar-refractivity contribution in [1.29, 1.82) is 0 Å². The van der Waals surface area contributed by atoms with Gasteiger partial charge in [-0.05, 0) is 68.2 Å². The molecule has 0 aliphatic rings. The van der Waals surface area contributed by atoms with Crippen molar-refractivity contribution in [2.24, 2.45) is 4.99 Å². The molecule has 0 radical (unpaired) electrons. The lowest BCUT2D eigenvalue weighted by Gasteiger charge is -2.14. The monoisotopic (exact) mass is 349 g/mol. The molecule has 0 saturated carbocycles. The van der Waals surface area contributed by atoms with Crippen molar-refractivity contribution in [1.82, 2.24) is 0 Å². The Balaban J connectivity index is 2.45. The summed E-state index contributed by atoms with van der Waals surface area (Å²) in [4.78, 5) is 4.86. The van der Waals surface area contributed by atoms with Gasteiger partial charge in [0, 0.05) is 11.3 Å². The lowest BCUT2D eigenvalue weighted by Crippen LogP contribution is -2.02. The van der Waals surface area contributed by atoms with Crippen LogP contribution in [0.25, 0.3) is 5.57 Å². The van der Waals surface area contributed by atoms with Crippen molar-refractivity contribution in [3.63, 3.8) is 0 Å². The number of benzene rings is 2. The predicted octanol–water partition coefficient (Wildman–Crippen LogP) is 7.13. The third-order valence-corrected chi connectivity index (χ3v) is 4.48. The molecule has 0 bridgehead atoms. The summed E-state index contributed by atoms with van der Waals surface area (Å²) in [5.74, 6) is 0.852. The number of allylic oxidation sites excluding steroid dienone is 2. The summed E-state index contributed by atoms with van der Waals surface area (Å²) in [5.41, 5.74) is 7.25. The van der Waals surface area contributed by atoms with Crippen molar-refractivity contribution in [3.05, 3.63) is 65.2 Å². The van der Waals surface area contributed by atoms with Gasteiger partial charge in [-0.1, -0.05) is 50.5 Å². The van der Waals surface area contributed by atoms with Gasteiger partial charge >= 0.3 is 0 Å². The number of hydrogen-bond acceptors (Lipinski definition) is 2. The molecule has 2 aromatic carbocycles. The van der Waals surface area contributed by atoms with Crippen LogP contribution in [0.5, 0.6) is 5.75 Å². The molecule has 0 spiro atoms. The Labute approximate surface area is 158 Å². The molecule has 2 heteroatoms. The fourth-order valence-electron chi connectivity index (χ4n) is 3.08. The predicted molar refractivity (Wildman–Crippen MR) is 114 cm³/mol. The van der Waals surface area contributed by atoms with E-state index in [1.165, 1.54) is 28.7 Å². The molecule has 26 heavy (non-hydrogen) atoms. The van der Waals surface area contributed by atoms with Crippen LogP contribution in [-0.2, 0) is 0 Å². The molecule has 0 aliphatic carbocycles. The third kappa shape index (κ3) is 5.32. The summed E-state index contributed by atoms with van der Waals surface area (Å²) < 4.78 is 5.23. The number of aliphatic imine (C=N–C) groups is 1. The minimum Gasteiger partial charge on any atom is -0.497 e. The fraction of sp³-hybridized carbons (Fsp3) is 0.375. The van der Waals surface area contributed by atoms with E-state index in [-0.39, 0.29) is 0 Å². The van der Waals surface area contributed by atoms with E-state index >= 15 is 0 Å².